The van der Waals surface area contributed by atoms with Crippen molar-refractivity contribution in [3.05, 3.63) is 18.3 Å². The Morgan fingerprint density at radius 3 is 3.11 bits per heavy atom. The molecule has 100 valence electrons. The third-order valence-electron chi connectivity index (χ3n) is 2.96. The molecule has 1 aliphatic heterocycles. The molecular formula is C14H22N2O2. The van der Waals surface area contributed by atoms with Crippen molar-refractivity contribution < 1.29 is 9.47 Å². The molecule has 0 spiro atoms. The molecule has 0 saturated carbocycles. The Kier molecular flexibility index (Phi) is 4.81. The summed E-state index contributed by atoms with van der Waals surface area (Å²) < 4.78 is 11.5. The number of nitrogens with zero attached hydrogens (tertiary/aromatic N) is 1. The average Bonchev–Trinajstić information content (AvgIpc) is 2.38. The molecule has 1 aromatic heterocycles. The van der Waals surface area contributed by atoms with Crippen LogP contribution in [0.4, 0.5) is 0 Å². The van der Waals surface area contributed by atoms with Gasteiger partial charge in [-0.15, -0.1) is 0 Å². The van der Waals surface area contributed by atoms with Crippen molar-refractivity contribution in [2.24, 2.45) is 5.92 Å². The van der Waals surface area contributed by atoms with E-state index in [0.717, 1.165) is 25.4 Å². The summed E-state index contributed by atoms with van der Waals surface area (Å²) in [5.74, 6) is 1.93. The number of hydrogen-bond donors (Lipinski definition) is 1. The Morgan fingerprint density at radius 2 is 2.39 bits per heavy atom. The van der Waals surface area contributed by atoms with Gasteiger partial charge in [0.1, 0.15) is 0 Å². The minimum Gasteiger partial charge on any atom is -0.488 e. The third-order valence-corrected chi connectivity index (χ3v) is 2.96. The van der Waals surface area contributed by atoms with Gasteiger partial charge in [-0.05, 0) is 45.4 Å². The number of aromatic nitrogens is 1. The van der Waals surface area contributed by atoms with Gasteiger partial charge < -0.3 is 14.8 Å². The van der Waals surface area contributed by atoms with E-state index in [9.17, 15) is 0 Å². The van der Waals surface area contributed by atoms with E-state index in [-0.39, 0.29) is 6.10 Å². The summed E-state index contributed by atoms with van der Waals surface area (Å²) in [5, 5.41) is 3.39. The second kappa shape index (κ2) is 6.59. The van der Waals surface area contributed by atoms with Crippen molar-refractivity contribution >= 4 is 0 Å². The van der Waals surface area contributed by atoms with E-state index in [1.54, 1.807) is 6.20 Å². The Labute approximate surface area is 109 Å². The molecule has 1 aromatic rings. The maximum atomic E-state index is 5.85. The smallest absolute Gasteiger partial charge is 0.257 e. The first-order chi connectivity index (χ1) is 8.75. The number of pyridine rings is 1. The molecule has 1 atom stereocenters. The lowest BCUT2D eigenvalue weighted by atomic mass is 10.0. The normalized spacial score (nSPS) is 19.8. The van der Waals surface area contributed by atoms with Gasteiger partial charge in [-0.25, -0.2) is 4.98 Å². The molecule has 0 unspecified atom stereocenters. The predicted molar refractivity (Wildman–Crippen MR) is 71.1 cm³/mol. The lowest BCUT2D eigenvalue weighted by Gasteiger charge is -2.23. The van der Waals surface area contributed by atoms with Crippen LogP contribution in [0.2, 0.25) is 0 Å². The van der Waals surface area contributed by atoms with Crippen LogP contribution >= 0.6 is 0 Å². The summed E-state index contributed by atoms with van der Waals surface area (Å²) in [7, 11) is 0. The molecule has 0 bridgehead atoms. The van der Waals surface area contributed by atoms with Crippen molar-refractivity contribution in [2.75, 3.05) is 19.7 Å². The fourth-order valence-electron chi connectivity index (χ4n) is 2.07. The second-order valence-electron chi connectivity index (χ2n) is 5.00. The molecule has 0 aliphatic carbocycles. The minimum absolute atomic E-state index is 0.110. The zero-order valence-electron chi connectivity index (χ0n) is 11.2. The van der Waals surface area contributed by atoms with Gasteiger partial charge in [-0.3, -0.25) is 0 Å². The van der Waals surface area contributed by atoms with Crippen LogP contribution in [0.15, 0.2) is 18.3 Å². The van der Waals surface area contributed by atoms with Crippen LogP contribution < -0.4 is 14.8 Å². The monoisotopic (exact) mass is 250 g/mol. The van der Waals surface area contributed by atoms with E-state index in [4.69, 9.17) is 9.47 Å². The zero-order valence-corrected chi connectivity index (χ0v) is 11.2. The van der Waals surface area contributed by atoms with E-state index in [1.807, 2.05) is 26.0 Å². The standard InChI is InChI=1S/C14H22N2O2/c1-11(2)18-14-13(6-4-8-16-14)17-10-12-5-3-7-15-9-12/h4,6,8,11-12,15H,3,5,7,9-10H2,1-2H3/t12-/m0/s1. The summed E-state index contributed by atoms with van der Waals surface area (Å²) in [5.41, 5.74) is 0. The van der Waals surface area contributed by atoms with Gasteiger partial charge in [0.15, 0.2) is 5.75 Å². The Balaban J connectivity index is 1.91. The number of ether oxygens (including phenoxy) is 2. The SMILES string of the molecule is CC(C)Oc1ncccc1OC[C@H]1CCCNC1. The van der Waals surface area contributed by atoms with E-state index in [2.05, 4.69) is 10.3 Å². The fraction of sp³-hybridized carbons (Fsp3) is 0.643. The molecule has 1 N–H and O–H groups in total. The highest BCUT2D eigenvalue weighted by Crippen LogP contribution is 2.25. The second-order valence-corrected chi connectivity index (χ2v) is 5.00. The molecule has 0 radical (unpaired) electrons. The molecule has 2 rings (SSSR count). The van der Waals surface area contributed by atoms with E-state index >= 15 is 0 Å². The number of nitrogens with one attached hydrogen (secondary N) is 1. The van der Waals surface area contributed by atoms with Gasteiger partial charge >= 0.3 is 0 Å². The van der Waals surface area contributed by atoms with Crippen LogP contribution in [-0.4, -0.2) is 30.8 Å². The largest absolute Gasteiger partial charge is 0.488 e. The van der Waals surface area contributed by atoms with Gasteiger partial charge in [0, 0.05) is 18.7 Å². The summed E-state index contributed by atoms with van der Waals surface area (Å²) in [6, 6.07) is 3.79. The molecule has 4 nitrogen and oxygen atoms in total. The van der Waals surface area contributed by atoms with Gasteiger partial charge in [-0.2, -0.15) is 0 Å². The van der Waals surface area contributed by atoms with E-state index < -0.39 is 0 Å². The van der Waals surface area contributed by atoms with Crippen LogP contribution in [0.25, 0.3) is 0 Å². The summed E-state index contributed by atoms with van der Waals surface area (Å²) in [6.45, 7) is 6.88. The molecule has 0 amide bonds. The Hall–Kier alpha value is -1.29. The van der Waals surface area contributed by atoms with Gasteiger partial charge in [0.2, 0.25) is 0 Å². The topological polar surface area (TPSA) is 43.4 Å². The lowest BCUT2D eigenvalue weighted by molar-refractivity contribution is 0.187. The van der Waals surface area contributed by atoms with Crippen molar-refractivity contribution in [1.82, 2.24) is 10.3 Å². The summed E-state index contributed by atoms with van der Waals surface area (Å²) in [6.07, 6.45) is 4.30. The molecule has 0 aromatic carbocycles. The molecule has 4 heteroatoms. The first kappa shape index (κ1) is 13.1. The Morgan fingerprint density at radius 1 is 1.50 bits per heavy atom. The zero-order chi connectivity index (χ0) is 12.8. The molecule has 1 fully saturated rings. The van der Waals surface area contributed by atoms with E-state index in [0.29, 0.717) is 11.8 Å². The predicted octanol–water partition coefficient (Wildman–Crippen LogP) is 2.25. The highest BCUT2D eigenvalue weighted by Gasteiger charge is 2.15. The fourth-order valence-corrected chi connectivity index (χ4v) is 2.07. The van der Waals surface area contributed by atoms with Crippen LogP contribution in [0.1, 0.15) is 26.7 Å². The average molecular weight is 250 g/mol. The van der Waals surface area contributed by atoms with Gasteiger partial charge in [0.05, 0.1) is 12.7 Å². The first-order valence-electron chi connectivity index (χ1n) is 6.71. The third kappa shape index (κ3) is 3.88. The van der Waals surface area contributed by atoms with Crippen molar-refractivity contribution in [3.63, 3.8) is 0 Å². The molecule has 1 aliphatic rings. The number of hydrogen-bond acceptors (Lipinski definition) is 4. The Bertz CT molecular complexity index is 363. The van der Waals surface area contributed by atoms with Crippen LogP contribution in [0.3, 0.4) is 0 Å². The molecular weight excluding hydrogens is 228 g/mol. The van der Waals surface area contributed by atoms with Crippen LogP contribution in [0, 0.1) is 5.92 Å². The quantitative estimate of drug-likeness (QED) is 0.870. The molecule has 2 heterocycles. The van der Waals surface area contributed by atoms with Crippen molar-refractivity contribution in [1.29, 1.82) is 0 Å². The lowest BCUT2D eigenvalue weighted by Crippen LogP contribution is -2.33. The maximum Gasteiger partial charge on any atom is 0.257 e. The van der Waals surface area contributed by atoms with Gasteiger partial charge in [0.25, 0.3) is 5.88 Å². The highest BCUT2D eigenvalue weighted by molar-refractivity contribution is 5.32. The summed E-state index contributed by atoms with van der Waals surface area (Å²) in [4.78, 5) is 4.22. The van der Waals surface area contributed by atoms with Crippen molar-refractivity contribution in [3.8, 4) is 11.6 Å². The molecule has 1 saturated heterocycles. The molecule has 18 heavy (non-hydrogen) atoms. The first-order valence-corrected chi connectivity index (χ1v) is 6.71. The van der Waals surface area contributed by atoms with Crippen molar-refractivity contribution in [2.45, 2.75) is 32.8 Å². The highest BCUT2D eigenvalue weighted by atomic mass is 16.5. The van der Waals surface area contributed by atoms with E-state index in [1.165, 1.54) is 12.8 Å². The summed E-state index contributed by atoms with van der Waals surface area (Å²) >= 11 is 0. The number of rotatable bonds is 5. The number of piperidine rings is 1. The van der Waals surface area contributed by atoms with Crippen LogP contribution in [-0.2, 0) is 0 Å². The minimum atomic E-state index is 0.110. The maximum absolute atomic E-state index is 5.85. The van der Waals surface area contributed by atoms with Gasteiger partial charge in [-0.1, -0.05) is 0 Å². The van der Waals surface area contributed by atoms with Crippen LogP contribution in [0.5, 0.6) is 11.6 Å².